The van der Waals surface area contributed by atoms with E-state index in [9.17, 15) is 0 Å². The topological polar surface area (TPSA) is 21.3 Å². The van der Waals surface area contributed by atoms with Crippen molar-refractivity contribution < 1.29 is 4.74 Å². The van der Waals surface area contributed by atoms with E-state index in [1.54, 1.807) is 11.3 Å². The molecule has 2 atom stereocenters. The maximum atomic E-state index is 5.80. The molecule has 0 bridgehead atoms. The van der Waals surface area contributed by atoms with E-state index in [0.717, 1.165) is 19.6 Å². The summed E-state index contributed by atoms with van der Waals surface area (Å²) in [6, 6.07) is 2.72. The molecule has 16 heavy (non-hydrogen) atoms. The van der Waals surface area contributed by atoms with Crippen molar-refractivity contribution in [3.63, 3.8) is 0 Å². The molecule has 3 heteroatoms. The number of rotatable bonds is 6. The lowest BCUT2D eigenvalue weighted by atomic mass is 10.0. The molecule has 2 heterocycles. The van der Waals surface area contributed by atoms with Crippen molar-refractivity contribution in [3.05, 3.63) is 22.4 Å². The van der Waals surface area contributed by atoms with Gasteiger partial charge in [0.05, 0.1) is 6.10 Å². The fraction of sp³-hybridized carbons (Fsp3) is 0.692. The third kappa shape index (κ3) is 3.30. The Morgan fingerprint density at radius 2 is 2.56 bits per heavy atom. The molecule has 0 amide bonds. The van der Waals surface area contributed by atoms with Crippen LogP contribution in [0.25, 0.3) is 0 Å². The van der Waals surface area contributed by atoms with E-state index in [1.807, 2.05) is 0 Å². The molecule has 2 rings (SSSR count). The molecular weight excluding hydrogens is 218 g/mol. The van der Waals surface area contributed by atoms with Crippen LogP contribution in [0.3, 0.4) is 0 Å². The molecule has 0 aliphatic carbocycles. The molecule has 1 aliphatic rings. The largest absolute Gasteiger partial charge is 0.377 e. The molecule has 0 spiro atoms. The Kier molecular flexibility index (Phi) is 4.82. The summed E-state index contributed by atoms with van der Waals surface area (Å²) < 4.78 is 5.80. The van der Waals surface area contributed by atoms with E-state index < -0.39 is 0 Å². The molecule has 1 aromatic heterocycles. The van der Waals surface area contributed by atoms with E-state index >= 15 is 0 Å². The Morgan fingerprint density at radius 1 is 1.62 bits per heavy atom. The van der Waals surface area contributed by atoms with Crippen molar-refractivity contribution in [2.45, 2.75) is 44.8 Å². The average molecular weight is 239 g/mol. The van der Waals surface area contributed by atoms with E-state index in [4.69, 9.17) is 4.74 Å². The molecule has 2 unspecified atom stereocenters. The van der Waals surface area contributed by atoms with Crippen molar-refractivity contribution in [2.24, 2.45) is 0 Å². The second-order valence-corrected chi connectivity index (χ2v) is 5.23. The van der Waals surface area contributed by atoms with Crippen LogP contribution in [0.15, 0.2) is 16.8 Å². The lowest BCUT2D eigenvalue weighted by Gasteiger charge is -2.23. The average Bonchev–Trinajstić information content (AvgIpc) is 2.96. The van der Waals surface area contributed by atoms with Gasteiger partial charge in [-0.3, -0.25) is 0 Å². The molecule has 90 valence electrons. The molecule has 2 nitrogen and oxygen atoms in total. The van der Waals surface area contributed by atoms with E-state index in [0.29, 0.717) is 12.1 Å². The third-order valence-electron chi connectivity index (χ3n) is 3.11. The smallest absolute Gasteiger partial charge is 0.0732 e. The maximum Gasteiger partial charge on any atom is 0.0732 e. The maximum absolute atomic E-state index is 5.80. The Balaban J connectivity index is 1.90. The minimum Gasteiger partial charge on any atom is -0.377 e. The van der Waals surface area contributed by atoms with Gasteiger partial charge in [-0.15, -0.1) is 0 Å². The van der Waals surface area contributed by atoms with Crippen molar-refractivity contribution in [1.82, 2.24) is 5.32 Å². The van der Waals surface area contributed by atoms with Gasteiger partial charge in [0.2, 0.25) is 0 Å². The van der Waals surface area contributed by atoms with E-state index in [1.165, 1.54) is 24.8 Å². The van der Waals surface area contributed by atoms with Crippen molar-refractivity contribution in [3.8, 4) is 0 Å². The summed E-state index contributed by atoms with van der Waals surface area (Å²) in [5.74, 6) is 0. The Morgan fingerprint density at radius 3 is 3.19 bits per heavy atom. The zero-order valence-electron chi connectivity index (χ0n) is 9.95. The van der Waals surface area contributed by atoms with Gasteiger partial charge in [-0.25, -0.2) is 0 Å². The zero-order chi connectivity index (χ0) is 11.2. The first-order valence-electron chi connectivity index (χ1n) is 6.26. The molecule has 1 fully saturated rings. The lowest BCUT2D eigenvalue weighted by molar-refractivity contribution is 0.0784. The minimum atomic E-state index is 0.423. The number of ether oxygens (including phenoxy) is 1. The van der Waals surface area contributed by atoms with Crippen LogP contribution in [0, 0.1) is 0 Å². The van der Waals surface area contributed by atoms with Gasteiger partial charge in [0.15, 0.2) is 0 Å². The SMILES string of the molecule is CCCNC(Cc1ccsc1)C1CCCO1. The van der Waals surface area contributed by atoms with Crippen LogP contribution < -0.4 is 5.32 Å². The summed E-state index contributed by atoms with van der Waals surface area (Å²) in [4.78, 5) is 0. The van der Waals surface area contributed by atoms with E-state index in [2.05, 4.69) is 29.1 Å². The van der Waals surface area contributed by atoms with Crippen molar-refractivity contribution >= 4 is 11.3 Å². The van der Waals surface area contributed by atoms with Crippen LogP contribution >= 0.6 is 11.3 Å². The highest BCUT2D eigenvalue weighted by Crippen LogP contribution is 2.19. The van der Waals surface area contributed by atoms with Gasteiger partial charge in [-0.2, -0.15) is 11.3 Å². The number of nitrogens with one attached hydrogen (secondary N) is 1. The van der Waals surface area contributed by atoms with Crippen molar-refractivity contribution in [2.75, 3.05) is 13.2 Å². The summed E-state index contributed by atoms with van der Waals surface area (Å²) in [5.41, 5.74) is 1.44. The predicted molar refractivity (Wildman–Crippen MR) is 69.1 cm³/mol. The Hall–Kier alpha value is -0.380. The number of thiophene rings is 1. The van der Waals surface area contributed by atoms with Gasteiger partial charge in [-0.1, -0.05) is 6.92 Å². The summed E-state index contributed by atoms with van der Waals surface area (Å²) in [6.45, 7) is 4.25. The normalized spacial score (nSPS) is 22.4. The Labute approximate surface area is 102 Å². The van der Waals surface area contributed by atoms with Gasteiger partial charge >= 0.3 is 0 Å². The number of hydrogen-bond donors (Lipinski definition) is 1. The van der Waals surface area contributed by atoms with Crippen LogP contribution in [0.5, 0.6) is 0 Å². The summed E-state index contributed by atoms with van der Waals surface area (Å²) >= 11 is 1.78. The molecule has 1 N–H and O–H groups in total. The highest BCUT2D eigenvalue weighted by molar-refractivity contribution is 7.07. The molecule has 0 radical (unpaired) electrons. The quantitative estimate of drug-likeness (QED) is 0.824. The van der Waals surface area contributed by atoms with Gasteiger partial charge in [0, 0.05) is 12.6 Å². The lowest BCUT2D eigenvalue weighted by Crippen LogP contribution is -2.41. The molecule has 1 aromatic rings. The second kappa shape index (κ2) is 6.38. The van der Waals surface area contributed by atoms with Crippen LogP contribution in [-0.2, 0) is 11.2 Å². The van der Waals surface area contributed by atoms with Gasteiger partial charge in [0.25, 0.3) is 0 Å². The fourth-order valence-electron chi connectivity index (χ4n) is 2.25. The molecule has 0 saturated carbocycles. The van der Waals surface area contributed by atoms with Crippen LogP contribution in [0.1, 0.15) is 31.7 Å². The molecule has 1 aliphatic heterocycles. The van der Waals surface area contributed by atoms with Crippen molar-refractivity contribution in [1.29, 1.82) is 0 Å². The first kappa shape index (κ1) is 12.1. The zero-order valence-corrected chi connectivity index (χ0v) is 10.8. The van der Waals surface area contributed by atoms with Crippen LogP contribution in [0.2, 0.25) is 0 Å². The molecule has 1 saturated heterocycles. The fourth-order valence-corrected chi connectivity index (χ4v) is 2.93. The first-order valence-corrected chi connectivity index (χ1v) is 7.20. The van der Waals surface area contributed by atoms with E-state index in [-0.39, 0.29) is 0 Å². The molecule has 0 aromatic carbocycles. The first-order chi connectivity index (χ1) is 7.90. The highest BCUT2D eigenvalue weighted by Gasteiger charge is 2.25. The summed E-state index contributed by atoms with van der Waals surface area (Å²) in [5, 5.41) is 8.03. The van der Waals surface area contributed by atoms with Gasteiger partial charge in [0.1, 0.15) is 0 Å². The second-order valence-electron chi connectivity index (χ2n) is 4.45. The Bertz CT molecular complexity index is 280. The third-order valence-corrected chi connectivity index (χ3v) is 3.84. The van der Waals surface area contributed by atoms with Crippen LogP contribution in [-0.4, -0.2) is 25.3 Å². The van der Waals surface area contributed by atoms with Gasteiger partial charge in [-0.05, 0) is 54.6 Å². The highest BCUT2D eigenvalue weighted by atomic mass is 32.1. The predicted octanol–water partition coefficient (Wildman–Crippen LogP) is 2.84. The minimum absolute atomic E-state index is 0.423. The van der Waals surface area contributed by atoms with Gasteiger partial charge < -0.3 is 10.1 Å². The van der Waals surface area contributed by atoms with Crippen LogP contribution in [0.4, 0.5) is 0 Å². The monoisotopic (exact) mass is 239 g/mol. The molecular formula is C13H21NOS. The standard InChI is InChI=1S/C13H21NOS/c1-2-6-14-12(13-4-3-7-15-13)9-11-5-8-16-10-11/h5,8,10,12-14H,2-4,6-7,9H2,1H3. The number of hydrogen-bond acceptors (Lipinski definition) is 3. The summed E-state index contributed by atoms with van der Waals surface area (Å²) in [7, 11) is 0. The summed E-state index contributed by atoms with van der Waals surface area (Å²) in [6.07, 6.45) is 5.15.